The first-order valence-corrected chi connectivity index (χ1v) is 8.21. The highest BCUT2D eigenvalue weighted by Crippen LogP contribution is 2.21. The summed E-state index contributed by atoms with van der Waals surface area (Å²) < 4.78 is 6.44. The van der Waals surface area contributed by atoms with Crippen LogP contribution in [0.3, 0.4) is 0 Å². The topological polar surface area (TPSA) is 66.2 Å². The second-order valence-corrected chi connectivity index (χ2v) is 6.29. The third-order valence-electron chi connectivity index (χ3n) is 4.60. The Morgan fingerprint density at radius 1 is 1.16 bits per heavy atom. The second-order valence-electron chi connectivity index (χ2n) is 6.29. The Morgan fingerprint density at radius 3 is 2.60 bits per heavy atom. The zero-order valence-corrected chi connectivity index (χ0v) is 14.6. The standard InChI is InChI=1S/C18H19N5O2/c1-5-21-16(24)14-15(20(4)18(21)25)19-17-22(14)10-12(3)23(17)13-8-6-7-11(2)9-13/h6-10H,5H2,1-4H3. The molecule has 3 aromatic heterocycles. The van der Waals surface area contributed by atoms with Crippen molar-refractivity contribution < 1.29 is 0 Å². The molecule has 0 amide bonds. The van der Waals surface area contributed by atoms with Gasteiger partial charge in [-0.1, -0.05) is 12.1 Å². The Labute approximate surface area is 143 Å². The van der Waals surface area contributed by atoms with Gasteiger partial charge in [-0.3, -0.25) is 22.9 Å². The molecular formula is C18H19N5O2. The second kappa shape index (κ2) is 5.20. The molecule has 0 atom stereocenters. The summed E-state index contributed by atoms with van der Waals surface area (Å²) in [7, 11) is 1.65. The van der Waals surface area contributed by atoms with Gasteiger partial charge in [0.15, 0.2) is 11.2 Å². The molecule has 3 heterocycles. The summed E-state index contributed by atoms with van der Waals surface area (Å²) in [6.07, 6.45) is 1.89. The lowest BCUT2D eigenvalue weighted by Gasteiger charge is -2.06. The van der Waals surface area contributed by atoms with Gasteiger partial charge in [-0.15, -0.1) is 0 Å². The van der Waals surface area contributed by atoms with Gasteiger partial charge < -0.3 is 0 Å². The van der Waals surface area contributed by atoms with Crippen molar-refractivity contribution in [2.45, 2.75) is 27.3 Å². The van der Waals surface area contributed by atoms with E-state index in [9.17, 15) is 9.59 Å². The van der Waals surface area contributed by atoms with E-state index in [2.05, 4.69) is 11.1 Å². The van der Waals surface area contributed by atoms with Crippen LogP contribution in [0.1, 0.15) is 18.2 Å². The van der Waals surface area contributed by atoms with Crippen LogP contribution in [-0.2, 0) is 13.6 Å². The molecule has 128 valence electrons. The van der Waals surface area contributed by atoms with E-state index in [1.54, 1.807) is 18.4 Å². The molecule has 0 N–H and O–H groups in total. The van der Waals surface area contributed by atoms with Crippen LogP contribution < -0.4 is 11.2 Å². The maximum Gasteiger partial charge on any atom is 0.332 e. The van der Waals surface area contributed by atoms with E-state index in [1.165, 1.54) is 9.13 Å². The van der Waals surface area contributed by atoms with E-state index in [0.717, 1.165) is 16.9 Å². The summed E-state index contributed by atoms with van der Waals surface area (Å²) in [4.78, 5) is 29.8. The lowest BCUT2D eigenvalue weighted by Crippen LogP contribution is -2.38. The molecule has 25 heavy (non-hydrogen) atoms. The Morgan fingerprint density at radius 2 is 1.92 bits per heavy atom. The number of rotatable bonds is 2. The van der Waals surface area contributed by atoms with Crippen molar-refractivity contribution in [3.05, 3.63) is 62.6 Å². The van der Waals surface area contributed by atoms with Crippen molar-refractivity contribution in [2.75, 3.05) is 0 Å². The fourth-order valence-corrected chi connectivity index (χ4v) is 3.38. The maximum atomic E-state index is 12.8. The van der Waals surface area contributed by atoms with E-state index >= 15 is 0 Å². The van der Waals surface area contributed by atoms with Crippen molar-refractivity contribution in [1.29, 1.82) is 0 Å². The summed E-state index contributed by atoms with van der Waals surface area (Å²) in [5.74, 6) is 0.624. The van der Waals surface area contributed by atoms with Crippen molar-refractivity contribution in [1.82, 2.24) is 23.1 Å². The lowest BCUT2D eigenvalue weighted by molar-refractivity contribution is 0.637. The molecule has 0 spiro atoms. The van der Waals surface area contributed by atoms with Gasteiger partial charge in [-0.05, 0) is 38.5 Å². The number of aromatic nitrogens is 5. The Balaban J connectivity index is 2.19. The highest BCUT2D eigenvalue weighted by Gasteiger charge is 2.20. The highest BCUT2D eigenvalue weighted by molar-refractivity contribution is 5.76. The molecule has 0 unspecified atom stereocenters. The van der Waals surface area contributed by atoms with E-state index in [1.807, 2.05) is 42.8 Å². The van der Waals surface area contributed by atoms with Crippen molar-refractivity contribution in [3.8, 4) is 5.69 Å². The van der Waals surface area contributed by atoms with Crippen molar-refractivity contribution in [2.24, 2.45) is 7.05 Å². The minimum absolute atomic E-state index is 0.311. The van der Waals surface area contributed by atoms with Crippen LogP contribution >= 0.6 is 0 Å². The minimum atomic E-state index is -0.348. The molecule has 7 nitrogen and oxygen atoms in total. The SMILES string of the molecule is CCn1c(=O)c2c(nc3n(-c4cccc(C)c4)c(C)cn23)n(C)c1=O. The van der Waals surface area contributed by atoms with Crippen LogP contribution in [0.15, 0.2) is 40.1 Å². The molecule has 0 radical (unpaired) electrons. The quantitative estimate of drug-likeness (QED) is 0.560. The molecule has 0 fully saturated rings. The first-order valence-electron chi connectivity index (χ1n) is 8.21. The monoisotopic (exact) mass is 337 g/mol. The highest BCUT2D eigenvalue weighted by atomic mass is 16.2. The van der Waals surface area contributed by atoms with Gasteiger partial charge in [0.2, 0.25) is 5.78 Å². The number of benzene rings is 1. The minimum Gasteiger partial charge on any atom is -0.283 e. The Kier molecular flexibility index (Phi) is 3.21. The maximum absolute atomic E-state index is 12.8. The summed E-state index contributed by atoms with van der Waals surface area (Å²) in [6.45, 7) is 6.12. The van der Waals surface area contributed by atoms with Crippen LogP contribution in [-0.4, -0.2) is 23.1 Å². The number of hydrogen-bond donors (Lipinski definition) is 0. The normalized spacial score (nSPS) is 11.7. The molecule has 4 rings (SSSR count). The molecule has 0 saturated carbocycles. The average molecular weight is 337 g/mol. The van der Waals surface area contributed by atoms with Crippen LogP contribution in [0.25, 0.3) is 22.6 Å². The van der Waals surface area contributed by atoms with Crippen LogP contribution in [0.2, 0.25) is 0 Å². The molecule has 0 bridgehead atoms. The third kappa shape index (κ3) is 2.02. The summed E-state index contributed by atoms with van der Waals surface area (Å²) in [5, 5.41) is 0. The van der Waals surface area contributed by atoms with E-state index in [4.69, 9.17) is 0 Å². The van der Waals surface area contributed by atoms with E-state index < -0.39 is 0 Å². The molecule has 0 aliphatic rings. The van der Waals surface area contributed by atoms with Gasteiger partial charge >= 0.3 is 5.69 Å². The molecule has 4 aromatic rings. The van der Waals surface area contributed by atoms with Gasteiger partial charge in [-0.25, -0.2) is 4.79 Å². The number of fused-ring (bicyclic) bond motifs is 3. The predicted octanol–water partition coefficient (Wildman–Crippen LogP) is 1.78. The molecule has 0 saturated heterocycles. The van der Waals surface area contributed by atoms with Gasteiger partial charge in [0.05, 0.1) is 0 Å². The molecule has 0 aliphatic carbocycles. The van der Waals surface area contributed by atoms with Gasteiger partial charge in [0.1, 0.15) is 0 Å². The third-order valence-corrected chi connectivity index (χ3v) is 4.60. The van der Waals surface area contributed by atoms with Crippen LogP contribution in [0, 0.1) is 13.8 Å². The predicted molar refractivity (Wildman–Crippen MR) is 96.7 cm³/mol. The fourth-order valence-electron chi connectivity index (χ4n) is 3.38. The van der Waals surface area contributed by atoms with Gasteiger partial charge in [0.25, 0.3) is 5.56 Å². The van der Waals surface area contributed by atoms with E-state index in [0.29, 0.717) is 23.5 Å². The largest absolute Gasteiger partial charge is 0.332 e. The number of hydrogen-bond acceptors (Lipinski definition) is 3. The fraction of sp³-hybridized carbons (Fsp3) is 0.278. The average Bonchev–Trinajstić information content (AvgIpc) is 3.08. The molecular weight excluding hydrogens is 318 g/mol. The van der Waals surface area contributed by atoms with Crippen LogP contribution in [0.5, 0.6) is 0 Å². The Hall–Kier alpha value is -3.09. The Bertz CT molecular complexity index is 1250. The zero-order chi connectivity index (χ0) is 17.9. The molecule has 0 aliphatic heterocycles. The molecule has 1 aromatic carbocycles. The lowest BCUT2D eigenvalue weighted by atomic mass is 10.2. The molecule has 7 heteroatoms. The van der Waals surface area contributed by atoms with Crippen LogP contribution in [0.4, 0.5) is 0 Å². The first-order chi connectivity index (χ1) is 11.9. The summed E-state index contributed by atoms with van der Waals surface area (Å²) in [5.41, 5.74) is 3.24. The zero-order valence-electron chi connectivity index (χ0n) is 14.6. The van der Waals surface area contributed by atoms with Gasteiger partial charge in [0, 0.05) is 31.2 Å². The number of imidazole rings is 2. The summed E-state index contributed by atoms with van der Waals surface area (Å²) in [6, 6.07) is 8.09. The first kappa shape index (κ1) is 15.4. The van der Waals surface area contributed by atoms with E-state index in [-0.39, 0.29) is 11.2 Å². The number of nitrogens with zero attached hydrogens (tertiary/aromatic N) is 5. The van der Waals surface area contributed by atoms with Crippen molar-refractivity contribution >= 4 is 16.9 Å². The smallest absolute Gasteiger partial charge is 0.283 e. The van der Waals surface area contributed by atoms with Crippen molar-refractivity contribution in [3.63, 3.8) is 0 Å². The number of aryl methyl sites for hydroxylation is 3. The van der Waals surface area contributed by atoms with Gasteiger partial charge in [-0.2, -0.15) is 4.98 Å². The summed E-state index contributed by atoms with van der Waals surface area (Å²) >= 11 is 0.